The summed E-state index contributed by atoms with van der Waals surface area (Å²) in [5.41, 5.74) is 8.36. The predicted octanol–water partition coefficient (Wildman–Crippen LogP) is 2.23. The van der Waals surface area contributed by atoms with Crippen molar-refractivity contribution in [2.75, 3.05) is 20.1 Å². The summed E-state index contributed by atoms with van der Waals surface area (Å²) in [6.07, 6.45) is 6.93. The van der Waals surface area contributed by atoms with Crippen LogP contribution in [0.5, 0.6) is 5.75 Å². The SMILES string of the molecule is C#CC[N@@+](C)(CC)C(=O)Oc1ccc2c(c1)C(N)CC2. The van der Waals surface area contributed by atoms with Crippen LogP contribution in [0.25, 0.3) is 0 Å². The van der Waals surface area contributed by atoms with Crippen LogP contribution in [0.2, 0.25) is 0 Å². The lowest BCUT2D eigenvalue weighted by molar-refractivity contribution is -0.826. The van der Waals surface area contributed by atoms with Gasteiger partial charge >= 0.3 is 6.09 Å². The maximum absolute atomic E-state index is 12.3. The molecule has 0 aliphatic heterocycles. The van der Waals surface area contributed by atoms with E-state index in [0.29, 0.717) is 18.8 Å². The predicted molar refractivity (Wildman–Crippen MR) is 78.1 cm³/mol. The van der Waals surface area contributed by atoms with Crippen molar-refractivity contribution < 1.29 is 14.0 Å². The first-order valence-electron chi connectivity index (χ1n) is 6.89. The smallest absolute Gasteiger partial charge is 0.381 e. The maximum atomic E-state index is 12.3. The number of benzene rings is 1. The Morgan fingerprint density at radius 1 is 1.60 bits per heavy atom. The molecule has 2 N–H and O–H groups in total. The van der Waals surface area contributed by atoms with Crippen molar-refractivity contribution >= 4 is 6.09 Å². The zero-order chi connectivity index (χ0) is 14.8. The summed E-state index contributed by atoms with van der Waals surface area (Å²) in [6, 6.07) is 5.73. The molecular formula is C16H21N2O2+. The quantitative estimate of drug-likeness (QED) is 0.678. The Morgan fingerprint density at radius 3 is 3.00 bits per heavy atom. The van der Waals surface area contributed by atoms with Crippen molar-refractivity contribution in [1.29, 1.82) is 0 Å². The van der Waals surface area contributed by atoms with Gasteiger partial charge in [0, 0.05) is 6.04 Å². The van der Waals surface area contributed by atoms with Gasteiger partial charge in [0.25, 0.3) is 0 Å². The van der Waals surface area contributed by atoms with Gasteiger partial charge in [-0.1, -0.05) is 6.07 Å². The maximum Gasteiger partial charge on any atom is 0.522 e. The average molecular weight is 273 g/mol. The number of ether oxygens (including phenoxy) is 1. The molecular weight excluding hydrogens is 252 g/mol. The van der Waals surface area contributed by atoms with E-state index in [-0.39, 0.29) is 16.6 Å². The van der Waals surface area contributed by atoms with Crippen molar-refractivity contribution in [1.82, 2.24) is 0 Å². The number of hydrogen-bond acceptors (Lipinski definition) is 3. The molecule has 0 spiro atoms. The van der Waals surface area contributed by atoms with Gasteiger partial charge in [0.15, 0.2) is 0 Å². The van der Waals surface area contributed by atoms with Crippen molar-refractivity contribution in [3.63, 3.8) is 0 Å². The van der Waals surface area contributed by atoms with E-state index in [2.05, 4.69) is 5.92 Å². The third kappa shape index (κ3) is 2.69. The Labute approximate surface area is 120 Å². The molecule has 0 aromatic heterocycles. The standard InChI is InChI=1S/C16H21N2O2/c1-4-10-18(3,5-2)16(19)20-13-8-6-12-7-9-15(17)14(12)11-13/h1,6,8,11,15H,5,7,9-10,17H2,2-3H3/q+1/t15?,18-/m1/s1. The number of fused-ring (bicyclic) bond motifs is 1. The minimum absolute atomic E-state index is 0.0430. The zero-order valence-corrected chi connectivity index (χ0v) is 12.1. The van der Waals surface area contributed by atoms with Crippen LogP contribution < -0.4 is 10.5 Å². The highest BCUT2D eigenvalue weighted by Crippen LogP contribution is 2.32. The van der Waals surface area contributed by atoms with Crippen LogP contribution in [0.3, 0.4) is 0 Å². The van der Waals surface area contributed by atoms with E-state index in [1.54, 1.807) is 7.05 Å². The van der Waals surface area contributed by atoms with Crippen molar-refractivity contribution in [3.8, 4) is 18.1 Å². The van der Waals surface area contributed by atoms with Crippen LogP contribution in [0.1, 0.15) is 30.5 Å². The molecule has 20 heavy (non-hydrogen) atoms. The molecule has 1 unspecified atom stereocenters. The number of carbonyl (C=O) groups excluding carboxylic acids is 1. The van der Waals surface area contributed by atoms with Gasteiger partial charge in [-0.3, -0.25) is 0 Å². The first-order chi connectivity index (χ1) is 9.50. The summed E-state index contributed by atoms with van der Waals surface area (Å²) >= 11 is 0. The van der Waals surface area contributed by atoms with Gasteiger partial charge in [-0.15, -0.1) is 6.42 Å². The monoisotopic (exact) mass is 273 g/mol. The summed E-state index contributed by atoms with van der Waals surface area (Å²) < 4.78 is 5.55. The summed E-state index contributed by atoms with van der Waals surface area (Å²) in [4.78, 5) is 12.3. The summed E-state index contributed by atoms with van der Waals surface area (Å²) in [5, 5.41) is 0. The second-order valence-corrected chi connectivity index (χ2v) is 5.45. The van der Waals surface area contributed by atoms with Crippen molar-refractivity contribution in [3.05, 3.63) is 29.3 Å². The first-order valence-corrected chi connectivity index (χ1v) is 6.89. The lowest BCUT2D eigenvalue weighted by Crippen LogP contribution is -2.51. The van der Waals surface area contributed by atoms with E-state index in [9.17, 15) is 4.79 Å². The molecule has 106 valence electrons. The van der Waals surface area contributed by atoms with Gasteiger partial charge in [-0.2, -0.15) is 4.79 Å². The number of nitrogens with zero attached hydrogens (tertiary/aromatic N) is 1. The minimum Gasteiger partial charge on any atom is -0.381 e. The fourth-order valence-electron chi connectivity index (χ4n) is 2.39. The molecule has 0 radical (unpaired) electrons. The van der Waals surface area contributed by atoms with Crippen LogP contribution in [-0.2, 0) is 6.42 Å². The van der Waals surface area contributed by atoms with Crippen LogP contribution in [0.4, 0.5) is 4.79 Å². The number of rotatable bonds is 3. The summed E-state index contributed by atoms with van der Waals surface area (Å²) in [5.74, 6) is 3.07. The van der Waals surface area contributed by atoms with E-state index in [1.165, 1.54) is 5.56 Å². The van der Waals surface area contributed by atoms with Crippen molar-refractivity contribution in [2.24, 2.45) is 5.73 Å². The van der Waals surface area contributed by atoms with Gasteiger partial charge in [-0.25, -0.2) is 4.48 Å². The molecule has 1 amide bonds. The van der Waals surface area contributed by atoms with Crippen LogP contribution in [0, 0.1) is 12.3 Å². The molecule has 0 bridgehead atoms. The Morgan fingerprint density at radius 2 is 2.35 bits per heavy atom. The molecule has 1 aliphatic rings. The molecule has 1 aromatic rings. The lowest BCUT2D eigenvalue weighted by atomic mass is 10.1. The second-order valence-electron chi connectivity index (χ2n) is 5.45. The molecule has 2 rings (SSSR count). The van der Waals surface area contributed by atoms with Crippen LogP contribution in [-0.4, -0.2) is 30.7 Å². The van der Waals surface area contributed by atoms with Gasteiger partial charge in [0.1, 0.15) is 12.3 Å². The molecule has 0 saturated carbocycles. The Balaban J connectivity index is 2.17. The average Bonchev–Trinajstić information content (AvgIpc) is 2.80. The van der Waals surface area contributed by atoms with Gasteiger partial charge in [-0.05, 0) is 48.9 Å². The third-order valence-corrected chi connectivity index (χ3v) is 4.03. The Bertz CT molecular complexity index is 562. The first kappa shape index (κ1) is 14.6. The molecule has 1 aliphatic carbocycles. The van der Waals surface area contributed by atoms with Gasteiger partial charge in [0.05, 0.1) is 13.6 Å². The van der Waals surface area contributed by atoms with E-state index in [0.717, 1.165) is 18.4 Å². The zero-order valence-electron chi connectivity index (χ0n) is 12.1. The Hall–Kier alpha value is -1.83. The van der Waals surface area contributed by atoms with Crippen LogP contribution >= 0.6 is 0 Å². The Kier molecular flexibility index (Phi) is 4.12. The van der Waals surface area contributed by atoms with E-state index < -0.39 is 0 Å². The highest BCUT2D eigenvalue weighted by molar-refractivity contribution is 5.64. The molecule has 4 nitrogen and oxygen atoms in total. The van der Waals surface area contributed by atoms with Gasteiger partial charge in [0.2, 0.25) is 0 Å². The largest absolute Gasteiger partial charge is 0.522 e. The van der Waals surface area contributed by atoms with Crippen LogP contribution in [0.15, 0.2) is 18.2 Å². The van der Waals surface area contributed by atoms with E-state index >= 15 is 0 Å². The summed E-state index contributed by atoms with van der Waals surface area (Å²) in [6.45, 7) is 2.82. The number of amides is 1. The highest BCUT2D eigenvalue weighted by Gasteiger charge is 2.32. The number of hydrogen-bond donors (Lipinski definition) is 1. The molecule has 0 heterocycles. The van der Waals surface area contributed by atoms with E-state index in [4.69, 9.17) is 16.9 Å². The fraction of sp³-hybridized carbons (Fsp3) is 0.438. The number of aryl methyl sites for hydroxylation is 1. The van der Waals surface area contributed by atoms with Gasteiger partial charge < -0.3 is 10.5 Å². The number of nitrogens with two attached hydrogens (primary N) is 1. The fourth-order valence-corrected chi connectivity index (χ4v) is 2.39. The summed E-state index contributed by atoms with van der Waals surface area (Å²) in [7, 11) is 1.78. The third-order valence-electron chi connectivity index (χ3n) is 4.03. The minimum atomic E-state index is -0.336. The van der Waals surface area contributed by atoms with E-state index in [1.807, 2.05) is 25.1 Å². The highest BCUT2D eigenvalue weighted by atomic mass is 16.6. The molecule has 2 atom stereocenters. The molecule has 0 saturated heterocycles. The molecule has 4 heteroatoms. The van der Waals surface area contributed by atoms with Crippen molar-refractivity contribution in [2.45, 2.75) is 25.8 Å². The second kappa shape index (κ2) is 5.66. The lowest BCUT2D eigenvalue weighted by Gasteiger charge is -2.26. The molecule has 1 aromatic carbocycles. The number of carbonyl (C=O) groups is 1. The normalized spacial score (nSPS) is 19.8. The number of quaternary nitrogens is 1. The number of terminal acetylenes is 1. The molecule has 0 fully saturated rings. The topological polar surface area (TPSA) is 52.3 Å².